The van der Waals surface area contributed by atoms with E-state index in [2.05, 4.69) is 22.5 Å². The van der Waals surface area contributed by atoms with Crippen LogP contribution in [0.1, 0.15) is 27.3 Å². The van der Waals surface area contributed by atoms with E-state index in [4.69, 9.17) is 5.11 Å². The normalized spacial score (nSPS) is 11.1. The maximum absolute atomic E-state index is 10.9. The number of nitrogens with zero attached hydrogens (tertiary/aromatic N) is 2. The van der Waals surface area contributed by atoms with E-state index in [1.807, 2.05) is 24.3 Å². The van der Waals surface area contributed by atoms with Crippen molar-refractivity contribution in [3.8, 4) is 0 Å². The van der Waals surface area contributed by atoms with Gasteiger partial charge in [0.1, 0.15) is 10.7 Å². The van der Waals surface area contributed by atoms with Gasteiger partial charge in [-0.3, -0.25) is 0 Å². The monoisotopic (exact) mass is 286 g/mol. The van der Waals surface area contributed by atoms with E-state index in [0.29, 0.717) is 11.3 Å². The van der Waals surface area contributed by atoms with E-state index in [-0.39, 0.29) is 0 Å². The molecular weight excluding hydrogens is 272 g/mol. The molecule has 0 aliphatic rings. The van der Waals surface area contributed by atoms with E-state index in [1.165, 1.54) is 11.3 Å². The first-order valence-corrected chi connectivity index (χ1v) is 7.27. The first-order chi connectivity index (χ1) is 9.69. The summed E-state index contributed by atoms with van der Waals surface area (Å²) in [5, 5.41) is 8.97. The number of fused-ring (bicyclic) bond motifs is 1. The zero-order valence-electron chi connectivity index (χ0n) is 11.0. The Hall–Kier alpha value is -2.14. The Morgan fingerprint density at radius 3 is 2.80 bits per heavy atom. The summed E-state index contributed by atoms with van der Waals surface area (Å²) in [6.45, 7) is 2.95. The number of hydrogen-bond acceptors (Lipinski definition) is 3. The molecule has 1 N–H and O–H groups in total. The lowest BCUT2D eigenvalue weighted by Crippen LogP contribution is -2.01. The van der Waals surface area contributed by atoms with Crippen LogP contribution in [0.2, 0.25) is 0 Å². The minimum Gasteiger partial charge on any atom is -0.477 e. The summed E-state index contributed by atoms with van der Waals surface area (Å²) in [6.07, 6.45) is 0.667. The molecule has 1 aromatic carbocycles. The van der Waals surface area contributed by atoms with Crippen LogP contribution in [0.15, 0.2) is 36.4 Å². The van der Waals surface area contributed by atoms with Gasteiger partial charge in [-0.1, -0.05) is 12.1 Å². The summed E-state index contributed by atoms with van der Waals surface area (Å²) < 4.78 is 2.18. The molecule has 3 rings (SSSR count). The van der Waals surface area contributed by atoms with Crippen molar-refractivity contribution in [2.45, 2.75) is 19.9 Å². The SMILES string of the molecule is CCn1c(Cc2ccc(C(=O)O)s2)nc2ccccc21. The van der Waals surface area contributed by atoms with Gasteiger partial charge in [-0.25, -0.2) is 9.78 Å². The van der Waals surface area contributed by atoms with Crippen molar-refractivity contribution >= 4 is 28.3 Å². The quantitative estimate of drug-likeness (QED) is 0.799. The van der Waals surface area contributed by atoms with Gasteiger partial charge in [0.15, 0.2) is 0 Å². The van der Waals surface area contributed by atoms with Gasteiger partial charge in [0.25, 0.3) is 0 Å². The summed E-state index contributed by atoms with van der Waals surface area (Å²) in [5.74, 6) is 0.109. The summed E-state index contributed by atoms with van der Waals surface area (Å²) in [6, 6.07) is 11.6. The molecule has 0 radical (unpaired) electrons. The van der Waals surface area contributed by atoms with Gasteiger partial charge in [0.2, 0.25) is 0 Å². The topological polar surface area (TPSA) is 55.1 Å². The Kier molecular flexibility index (Phi) is 3.28. The second-order valence-corrected chi connectivity index (χ2v) is 5.68. The van der Waals surface area contributed by atoms with E-state index >= 15 is 0 Å². The second-order valence-electron chi connectivity index (χ2n) is 4.51. The fraction of sp³-hybridized carbons (Fsp3) is 0.200. The van der Waals surface area contributed by atoms with Crippen LogP contribution in [-0.2, 0) is 13.0 Å². The van der Waals surface area contributed by atoms with Gasteiger partial charge < -0.3 is 9.67 Å². The first kappa shape index (κ1) is 12.9. The Morgan fingerprint density at radius 1 is 1.30 bits per heavy atom. The van der Waals surface area contributed by atoms with Crippen molar-refractivity contribution in [1.82, 2.24) is 9.55 Å². The van der Waals surface area contributed by atoms with Crippen molar-refractivity contribution in [1.29, 1.82) is 0 Å². The van der Waals surface area contributed by atoms with Crippen LogP contribution in [0, 0.1) is 0 Å². The van der Waals surface area contributed by atoms with Gasteiger partial charge in [0.05, 0.1) is 11.0 Å². The number of carbonyl (C=O) groups is 1. The summed E-state index contributed by atoms with van der Waals surface area (Å²) in [4.78, 5) is 17.0. The molecule has 2 heterocycles. The molecule has 0 spiro atoms. The van der Waals surface area contributed by atoms with Crippen molar-refractivity contribution in [3.63, 3.8) is 0 Å². The predicted octanol–water partition coefficient (Wildman–Crippen LogP) is 3.41. The Labute approximate surface area is 120 Å². The Balaban J connectivity index is 1.99. The maximum atomic E-state index is 10.9. The van der Waals surface area contributed by atoms with Gasteiger partial charge in [-0.15, -0.1) is 11.3 Å². The van der Waals surface area contributed by atoms with Crippen LogP contribution in [-0.4, -0.2) is 20.6 Å². The molecule has 0 fully saturated rings. The average Bonchev–Trinajstić information content (AvgIpc) is 3.02. The molecular formula is C15H14N2O2S. The minimum absolute atomic E-state index is 0.374. The molecule has 20 heavy (non-hydrogen) atoms. The average molecular weight is 286 g/mol. The van der Waals surface area contributed by atoms with E-state index in [0.717, 1.165) is 28.3 Å². The van der Waals surface area contributed by atoms with Crippen molar-refractivity contribution in [3.05, 3.63) is 52.0 Å². The largest absolute Gasteiger partial charge is 0.477 e. The highest BCUT2D eigenvalue weighted by Crippen LogP contribution is 2.22. The third-order valence-electron chi connectivity index (χ3n) is 3.25. The number of aromatic nitrogens is 2. The zero-order chi connectivity index (χ0) is 14.1. The van der Waals surface area contributed by atoms with Crippen LogP contribution in [0.3, 0.4) is 0 Å². The van der Waals surface area contributed by atoms with Gasteiger partial charge in [-0.2, -0.15) is 0 Å². The van der Waals surface area contributed by atoms with Crippen LogP contribution in [0.4, 0.5) is 0 Å². The molecule has 0 atom stereocenters. The molecule has 0 unspecified atom stereocenters. The number of hydrogen-bond donors (Lipinski definition) is 1. The highest BCUT2D eigenvalue weighted by molar-refractivity contribution is 7.13. The van der Waals surface area contributed by atoms with Crippen molar-refractivity contribution in [2.75, 3.05) is 0 Å². The zero-order valence-corrected chi connectivity index (χ0v) is 11.9. The molecule has 2 aromatic heterocycles. The Bertz CT molecular complexity index is 773. The van der Waals surface area contributed by atoms with Crippen LogP contribution < -0.4 is 0 Å². The summed E-state index contributed by atoms with van der Waals surface area (Å²) >= 11 is 1.31. The number of benzene rings is 1. The van der Waals surface area contributed by atoms with Crippen LogP contribution in [0.25, 0.3) is 11.0 Å². The lowest BCUT2D eigenvalue weighted by molar-refractivity contribution is 0.0702. The third kappa shape index (κ3) is 2.20. The molecule has 0 saturated heterocycles. The Morgan fingerprint density at radius 2 is 2.10 bits per heavy atom. The number of imidazole rings is 1. The lowest BCUT2D eigenvalue weighted by Gasteiger charge is -2.04. The molecule has 0 saturated carbocycles. The molecule has 0 amide bonds. The third-order valence-corrected chi connectivity index (χ3v) is 4.33. The molecule has 0 aliphatic carbocycles. The smallest absolute Gasteiger partial charge is 0.345 e. The number of aryl methyl sites for hydroxylation is 1. The molecule has 3 aromatic rings. The number of para-hydroxylation sites is 2. The fourth-order valence-corrected chi connectivity index (χ4v) is 3.20. The number of carboxylic acid groups (broad SMARTS) is 1. The highest BCUT2D eigenvalue weighted by Gasteiger charge is 2.12. The highest BCUT2D eigenvalue weighted by atomic mass is 32.1. The van der Waals surface area contributed by atoms with Gasteiger partial charge in [-0.05, 0) is 31.2 Å². The molecule has 0 bridgehead atoms. The van der Waals surface area contributed by atoms with E-state index in [1.54, 1.807) is 6.07 Å². The van der Waals surface area contributed by atoms with Gasteiger partial charge >= 0.3 is 5.97 Å². The minimum atomic E-state index is -0.870. The van der Waals surface area contributed by atoms with Crippen LogP contribution in [0.5, 0.6) is 0 Å². The molecule has 4 nitrogen and oxygen atoms in total. The molecule has 5 heteroatoms. The van der Waals surface area contributed by atoms with Crippen molar-refractivity contribution < 1.29 is 9.90 Å². The number of carboxylic acids is 1. The summed E-state index contributed by atoms with van der Waals surface area (Å²) in [7, 11) is 0. The summed E-state index contributed by atoms with van der Waals surface area (Å²) in [5.41, 5.74) is 2.11. The van der Waals surface area contributed by atoms with Crippen molar-refractivity contribution in [2.24, 2.45) is 0 Å². The standard InChI is InChI=1S/C15H14N2O2S/c1-2-17-12-6-4-3-5-11(12)16-14(17)9-10-7-8-13(20-10)15(18)19/h3-8H,2,9H2,1H3,(H,18,19). The van der Waals surface area contributed by atoms with E-state index < -0.39 is 5.97 Å². The fourth-order valence-electron chi connectivity index (χ4n) is 2.36. The van der Waals surface area contributed by atoms with E-state index in [9.17, 15) is 4.79 Å². The predicted molar refractivity (Wildman–Crippen MR) is 79.5 cm³/mol. The first-order valence-electron chi connectivity index (χ1n) is 6.45. The maximum Gasteiger partial charge on any atom is 0.345 e. The lowest BCUT2D eigenvalue weighted by atomic mass is 10.3. The number of aromatic carboxylic acids is 1. The van der Waals surface area contributed by atoms with Gasteiger partial charge in [0, 0.05) is 17.8 Å². The number of thiophene rings is 1. The molecule has 102 valence electrons. The van der Waals surface area contributed by atoms with Crippen LogP contribution >= 0.6 is 11.3 Å². The second kappa shape index (κ2) is 5.09. The molecule has 0 aliphatic heterocycles. The number of rotatable bonds is 4.